The molecule has 6 heteroatoms. The van der Waals surface area contributed by atoms with Crippen LogP contribution in [0.5, 0.6) is 5.75 Å². The minimum Gasteiger partial charge on any atom is -0.507 e. The Balaban J connectivity index is 3.14. The molecule has 0 heterocycles. The number of rotatable bonds is 2. The van der Waals surface area contributed by atoms with E-state index in [0.29, 0.717) is 0 Å². The van der Waals surface area contributed by atoms with Crippen molar-refractivity contribution in [3.05, 3.63) is 29.3 Å². The van der Waals surface area contributed by atoms with Gasteiger partial charge in [-0.2, -0.15) is 13.2 Å². The van der Waals surface area contributed by atoms with Crippen LogP contribution >= 0.6 is 0 Å². The maximum atomic E-state index is 12.2. The van der Waals surface area contributed by atoms with Gasteiger partial charge in [-0.05, 0) is 6.07 Å². The second kappa shape index (κ2) is 3.85. The molecule has 0 radical (unpaired) electrons. The maximum Gasteiger partial charge on any atom is 0.419 e. The van der Waals surface area contributed by atoms with Crippen molar-refractivity contribution in [3.8, 4) is 5.75 Å². The Hall–Kier alpha value is -1.27. The lowest BCUT2D eigenvalue weighted by atomic mass is 10.1. The zero-order chi connectivity index (χ0) is 10.8. The van der Waals surface area contributed by atoms with Gasteiger partial charge in [-0.25, -0.2) is 5.48 Å². The molecule has 0 fully saturated rings. The van der Waals surface area contributed by atoms with Crippen molar-refractivity contribution >= 4 is 0 Å². The monoisotopic (exact) mass is 207 g/mol. The minimum atomic E-state index is -4.59. The third-order valence-corrected chi connectivity index (χ3v) is 1.69. The van der Waals surface area contributed by atoms with Crippen LogP contribution in [0.25, 0.3) is 0 Å². The Bertz CT molecular complexity index is 325. The van der Waals surface area contributed by atoms with Crippen LogP contribution in [0.1, 0.15) is 11.1 Å². The minimum absolute atomic E-state index is 0.0117. The molecule has 0 saturated carbocycles. The quantitative estimate of drug-likeness (QED) is 0.649. The van der Waals surface area contributed by atoms with Gasteiger partial charge in [0.2, 0.25) is 0 Å². The zero-order valence-electron chi connectivity index (χ0n) is 6.97. The first kappa shape index (κ1) is 10.8. The normalized spacial score (nSPS) is 11.7. The number of hydroxylamine groups is 1. The molecule has 3 N–H and O–H groups in total. The van der Waals surface area contributed by atoms with E-state index in [2.05, 4.69) is 0 Å². The summed E-state index contributed by atoms with van der Waals surface area (Å²) < 4.78 is 36.7. The van der Waals surface area contributed by atoms with Crippen molar-refractivity contribution in [2.24, 2.45) is 0 Å². The van der Waals surface area contributed by atoms with Crippen LogP contribution in [0.3, 0.4) is 0 Å². The average Bonchev–Trinajstić information content (AvgIpc) is 2.07. The summed E-state index contributed by atoms with van der Waals surface area (Å²) in [6.45, 7) is -0.240. The van der Waals surface area contributed by atoms with Gasteiger partial charge in [0.25, 0.3) is 0 Å². The standard InChI is InChI=1S/C8H8F3NO2/c9-8(10,11)6-3-1-2-5(4-12-14)7(6)13/h1-3,12-14H,4H2. The number of alkyl halides is 3. The summed E-state index contributed by atoms with van der Waals surface area (Å²) in [5.41, 5.74) is 0.558. The van der Waals surface area contributed by atoms with Gasteiger partial charge in [0.1, 0.15) is 5.75 Å². The summed E-state index contributed by atoms with van der Waals surface area (Å²) >= 11 is 0. The highest BCUT2D eigenvalue weighted by atomic mass is 19.4. The molecular formula is C8H8F3NO2. The van der Waals surface area contributed by atoms with Crippen LogP contribution in [0.4, 0.5) is 13.2 Å². The Kier molecular flexibility index (Phi) is 2.97. The van der Waals surface area contributed by atoms with E-state index in [1.807, 2.05) is 0 Å². The predicted molar refractivity (Wildman–Crippen MR) is 41.7 cm³/mol. The second-order valence-electron chi connectivity index (χ2n) is 2.65. The number of hydrogen-bond acceptors (Lipinski definition) is 3. The molecule has 0 saturated heterocycles. The molecule has 0 unspecified atom stereocenters. The van der Waals surface area contributed by atoms with E-state index in [9.17, 15) is 18.3 Å². The van der Waals surface area contributed by atoms with Gasteiger partial charge in [0, 0.05) is 12.1 Å². The van der Waals surface area contributed by atoms with Gasteiger partial charge in [0.05, 0.1) is 5.56 Å². The molecule has 0 aliphatic carbocycles. The van der Waals surface area contributed by atoms with Crippen LogP contribution in [0.2, 0.25) is 0 Å². The van der Waals surface area contributed by atoms with Crippen LogP contribution in [-0.4, -0.2) is 10.3 Å². The van der Waals surface area contributed by atoms with Gasteiger partial charge in [-0.3, -0.25) is 0 Å². The Morgan fingerprint density at radius 3 is 2.43 bits per heavy atom. The smallest absolute Gasteiger partial charge is 0.419 e. The van der Waals surface area contributed by atoms with Crippen LogP contribution in [0.15, 0.2) is 18.2 Å². The zero-order valence-corrected chi connectivity index (χ0v) is 6.97. The molecular weight excluding hydrogens is 199 g/mol. The van der Waals surface area contributed by atoms with E-state index in [1.165, 1.54) is 6.07 Å². The third kappa shape index (κ3) is 2.15. The number of phenols is 1. The molecule has 1 aromatic rings. The summed E-state index contributed by atoms with van der Waals surface area (Å²) in [7, 11) is 0. The van der Waals surface area contributed by atoms with Crippen molar-refractivity contribution < 1.29 is 23.5 Å². The average molecular weight is 207 g/mol. The Labute approximate surface area is 77.8 Å². The molecule has 0 aromatic heterocycles. The van der Waals surface area contributed by atoms with E-state index in [4.69, 9.17) is 5.21 Å². The first-order valence-corrected chi connectivity index (χ1v) is 3.72. The van der Waals surface area contributed by atoms with Crippen LogP contribution in [-0.2, 0) is 12.7 Å². The first-order valence-electron chi connectivity index (χ1n) is 3.72. The summed E-state index contributed by atoms with van der Waals surface area (Å²) in [6.07, 6.45) is -4.59. The Morgan fingerprint density at radius 2 is 1.93 bits per heavy atom. The SMILES string of the molecule is ONCc1cccc(C(F)(F)F)c1O. The molecule has 0 bridgehead atoms. The predicted octanol–water partition coefficient (Wildman–Crippen LogP) is 1.89. The van der Waals surface area contributed by atoms with Crippen molar-refractivity contribution in [2.45, 2.75) is 12.7 Å². The lowest BCUT2D eigenvalue weighted by molar-refractivity contribution is -0.138. The molecule has 0 aliphatic rings. The number of aromatic hydroxyl groups is 1. The number of halogens is 3. The molecule has 3 nitrogen and oxygen atoms in total. The molecule has 1 rings (SSSR count). The molecule has 0 aliphatic heterocycles. The summed E-state index contributed by atoms with van der Waals surface area (Å²) in [6, 6.07) is 3.22. The lowest BCUT2D eigenvalue weighted by Crippen LogP contribution is -2.10. The fourth-order valence-corrected chi connectivity index (χ4v) is 1.05. The van der Waals surface area contributed by atoms with Crippen molar-refractivity contribution in [1.29, 1.82) is 0 Å². The van der Waals surface area contributed by atoms with Gasteiger partial charge >= 0.3 is 6.18 Å². The molecule has 1 aromatic carbocycles. The molecule has 14 heavy (non-hydrogen) atoms. The summed E-state index contributed by atoms with van der Waals surface area (Å²) in [5.74, 6) is -0.860. The Morgan fingerprint density at radius 1 is 1.29 bits per heavy atom. The number of phenolic OH excluding ortho intramolecular Hbond substituents is 1. The number of hydrogen-bond donors (Lipinski definition) is 3. The molecule has 0 spiro atoms. The highest BCUT2D eigenvalue weighted by Crippen LogP contribution is 2.37. The third-order valence-electron chi connectivity index (χ3n) is 1.69. The fourth-order valence-electron chi connectivity index (χ4n) is 1.05. The number of para-hydroxylation sites is 1. The summed E-state index contributed by atoms with van der Waals surface area (Å²) in [4.78, 5) is 0. The van der Waals surface area contributed by atoms with E-state index < -0.39 is 17.5 Å². The van der Waals surface area contributed by atoms with Gasteiger partial charge in [-0.1, -0.05) is 12.1 Å². The van der Waals surface area contributed by atoms with Crippen LogP contribution < -0.4 is 5.48 Å². The highest BCUT2D eigenvalue weighted by molar-refractivity contribution is 5.41. The second-order valence-corrected chi connectivity index (χ2v) is 2.65. The molecule has 78 valence electrons. The maximum absolute atomic E-state index is 12.2. The van der Waals surface area contributed by atoms with Crippen LogP contribution in [0, 0.1) is 0 Å². The van der Waals surface area contributed by atoms with E-state index in [-0.39, 0.29) is 12.1 Å². The lowest BCUT2D eigenvalue weighted by Gasteiger charge is -2.11. The van der Waals surface area contributed by atoms with Crippen molar-refractivity contribution in [2.75, 3.05) is 0 Å². The highest BCUT2D eigenvalue weighted by Gasteiger charge is 2.34. The van der Waals surface area contributed by atoms with Gasteiger partial charge < -0.3 is 10.3 Å². The number of nitrogens with one attached hydrogen (secondary N) is 1. The van der Waals surface area contributed by atoms with Crippen molar-refractivity contribution in [1.82, 2.24) is 5.48 Å². The summed E-state index contributed by atoms with van der Waals surface area (Å²) in [5, 5.41) is 17.5. The van der Waals surface area contributed by atoms with E-state index in [0.717, 1.165) is 12.1 Å². The van der Waals surface area contributed by atoms with E-state index in [1.54, 1.807) is 5.48 Å². The first-order chi connectivity index (χ1) is 6.46. The largest absolute Gasteiger partial charge is 0.507 e. The number of benzene rings is 1. The van der Waals surface area contributed by atoms with Gasteiger partial charge in [-0.15, -0.1) is 0 Å². The van der Waals surface area contributed by atoms with E-state index >= 15 is 0 Å². The van der Waals surface area contributed by atoms with Crippen molar-refractivity contribution in [3.63, 3.8) is 0 Å². The van der Waals surface area contributed by atoms with Gasteiger partial charge in [0.15, 0.2) is 0 Å². The topological polar surface area (TPSA) is 52.5 Å². The molecule has 0 amide bonds. The molecule has 0 atom stereocenters. The fraction of sp³-hybridized carbons (Fsp3) is 0.250.